The molecule has 20 heavy (non-hydrogen) atoms. The molecule has 0 radical (unpaired) electrons. The van der Waals surface area contributed by atoms with E-state index in [2.05, 4.69) is 10.3 Å². The molecule has 1 heterocycles. The van der Waals surface area contributed by atoms with Gasteiger partial charge in [0.05, 0.1) is 6.42 Å². The van der Waals surface area contributed by atoms with Crippen molar-refractivity contribution < 1.29 is 13.2 Å². The van der Waals surface area contributed by atoms with Gasteiger partial charge < -0.3 is 10.2 Å². The molecule has 0 spiro atoms. The molecule has 0 aliphatic carbocycles. The van der Waals surface area contributed by atoms with Gasteiger partial charge in [-0.15, -0.1) is 0 Å². The number of pyridine rings is 1. The van der Waals surface area contributed by atoms with Crippen LogP contribution in [0.25, 0.3) is 0 Å². The van der Waals surface area contributed by atoms with Crippen LogP contribution < -0.4 is 10.2 Å². The first-order chi connectivity index (χ1) is 9.24. The number of aryl methyl sites for hydroxylation is 2. The summed E-state index contributed by atoms with van der Waals surface area (Å²) in [7, 11) is 1.66. The summed E-state index contributed by atoms with van der Waals surface area (Å²) in [6.45, 7) is 7.14. The lowest BCUT2D eigenvalue weighted by Crippen LogP contribution is -2.27. The number of anilines is 1. The topological polar surface area (TPSA) is 28.2 Å². The third-order valence-corrected chi connectivity index (χ3v) is 3.10. The third kappa shape index (κ3) is 5.00. The van der Waals surface area contributed by atoms with Crippen molar-refractivity contribution in [1.82, 2.24) is 10.3 Å². The van der Waals surface area contributed by atoms with Crippen LogP contribution >= 0.6 is 0 Å². The van der Waals surface area contributed by atoms with Gasteiger partial charge in [0.15, 0.2) is 0 Å². The quantitative estimate of drug-likeness (QED) is 0.871. The second kappa shape index (κ2) is 6.92. The summed E-state index contributed by atoms with van der Waals surface area (Å²) in [5.41, 5.74) is 2.83. The Morgan fingerprint density at radius 2 is 1.95 bits per heavy atom. The number of hydrogen-bond acceptors (Lipinski definition) is 3. The lowest BCUT2D eigenvalue weighted by molar-refractivity contribution is -0.132. The van der Waals surface area contributed by atoms with Gasteiger partial charge in [-0.3, -0.25) is 0 Å². The number of halogens is 3. The molecular formula is C14H22F3N3. The zero-order valence-electron chi connectivity index (χ0n) is 12.4. The van der Waals surface area contributed by atoms with Crippen molar-refractivity contribution in [2.45, 2.75) is 39.9 Å². The molecule has 0 aliphatic rings. The van der Waals surface area contributed by atoms with Gasteiger partial charge in [0.2, 0.25) is 0 Å². The van der Waals surface area contributed by atoms with Gasteiger partial charge in [-0.05, 0) is 32.0 Å². The molecule has 0 amide bonds. The van der Waals surface area contributed by atoms with Crippen molar-refractivity contribution in [3.8, 4) is 0 Å². The van der Waals surface area contributed by atoms with E-state index in [1.165, 1.54) is 0 Å². The smallest absolute Gasteiger partial charge is 0.359 e. The van der Waals surface area contributed by atoms with Crippen molar-refractivity contribution in [2.24, 2.45) is 0 Å². The molecule has 0 atom stereocenters. The highest BCUT2D eigenvalue weighted by Gasteiger charge is 2.27. The predicted octanol–water partition coefficient (Wildman–Crippen LogP) is 3.20. The van der Waals surface area contributed by atoms with Crippen LogP contribution in [0.15, 0.2) is 6.07 Å². The van der Waals surface area contributed by atoms with Gasteiger partial charge in [-0.25, -0.2) is 4.98 Å². The number of aromatic nitrogens is 1. The van der Waals surface area contributed by atoms with E-state index >= 15 is 0 Å². The highest BCUT2D eigenvalue weighted by atomic mass is 19.4. The lowest BCUT2D eigenvalue weighted by atomic mass is 10.1. The van der Waals surface area contributed by atoms with Gasteiger partial charge in [-0.2, -0.15) is 13.2 Å². The van der Waals surface area contributed by atoms with Crippen molar-refractivity contribution in [3.05, 3.63) is 22.9 Å². The lowest BCUT2D eigenvalue weighted by Gasteiger charge is -2.24. The largest absolute Gasteiger partial charge is 0.390 e. The maximum atomic E-state index is 12.3. The average molecular weight is 289 g/mol. The maximum absolute atomic E-state index is 12.3. The fourth-order valence-electron chi connectivity index (χ4n) is 2.03. The molecule has 0 saturated carbocycles. The minimum Gasteiger partial charge on any atom is -0.359 e. The molecule has 1 aromatic rings. The number of nitrogens with one attached hydrogen (secondary N) is 1. The van der Waals surface area contributed by atoms with Crippen LogP contribution in [0.1, 0.15) is 30.2 Å². The molecule has 6 heteroatoms. The first-order valence-electron chi connectivity index (χ1n) is 6.70. The first kappa shape index (κ1) is 16.8. The fraction of sp³-hybridized carbons (Fsp3) is 0.643. The summed E-state index contributed by atoms with van der Waals surface area (Å²) in [5.74, 6) is 0.632. The normalized spacial score (nSPS) is 11.8. The summed E-state index contributed by atoms with van der Waals surface area (Å²) in [6, 6.07) is 1.95. The van der Waals surface area contributed by atoms with Crippen molar-refractivity contribution in [3.63, 3.8) is 0 Å². The molecule has 1 rings (SSSR count). The minimum atomic E-state index is -4.14. The molecule has 0 aliphatic heterocycles. The Bertz CT molecular complexity index is 444. The Hall–Kier alpha value is -1.30. The van der Waals surface area contributed by atoms with Crippen molar-refractivity contribution >= 4 is 5.82 Å². The highest BCUT2D eigenvalue weighted by Crippen LogP contribution is 2.25. The Labute approximate surface area is 118 Å². The number of rotatable bonds is 6. The first-order valence-corrected chi connectivity index (χ1v) is 6.70. The van der Waals surface area contributed by atoms with E-state index in [0.717, 1.165) is 23.4 Å². The SMILES string of the molecule is CCNCc1c(C)cc(C)nc1N(C)CCC(F)(F)F. The highest BCUT2D eigenvalue weighted by molar-refractivity contribution is 5.51. The predicted molar refractivity (Wildman–Crippen MR) is 75.0 cm³/mol. The van der Waals surface area contributed by atoms with Gasteiger partial charge in [0, 0.05) is 31.4 Å². The van der Waals surface area contributed by atoms with Crippen LogP contribution in [0.4, 0.5) is 19.0 Å². The second-order valence-corrected chi connectivity index (χ2v) is 4.95. The third-order valence-electron chi connectivity index (χ3n) is 3.10. The number of hydrogen-bond donors (Lipinski definition) is 1. The summed E-state index contributed by atoms with van der Waals surface area (Å²) in [6.07, 6.45) is -4.98. The van der Waals surface area contributed by atoms with E-state index in [-0.39, 0.29) is 6.54 Å². The Balaban J connectivity index is 2.95. The second-order valence-electron chi connectivity index (χ2n) is 4.95. The molecule has 0 saturated heterocycles. The van der Waals surface area contributed by atoms with Crippen LogP contribution in [0.5, 0.6) is 0 Å². The number of nitrogens with zero attached hydrogens (tertiary/aromatic N) is 2. The summed E-state index contributed by atoms with van der Waals surface area (Å²) < 4.78 is 37.0. The van der Waals surface area contributed by atoms with E-state index in [1.807, 2.05) is 26.8 Å². The zero-order chi connectivity index (χ0) is 15.3. The summed E-state index contributed by atoms with van der Waals surface area (Å²) in [5, 5.41) is 3.20. The average Bonchev–Trinajstić information content (AvgIpc) is 2.33. The minimum absolute atomic E-state index is 0.0848. The van der Waals surface area contributed by atoms with E-state index in [1.54, 1.807) is 11.9 Å². The van der Waals surface area contributed by atoms with E-state index in [0.29, 0.717) is 12.4 Å². The Kier molecular flexibility index (Phi) is 5.80. The zero-order valence-corrected chi connectivity index (χ0v) is 12.4. The molecule has 0 unspecified atom stereocenters. The van der Waals surface area contributed by atoms with Crippen molar-refractivity contribution in [2.75, 3.05) is 25.0 Å². The van der Waals surface area contributed by atoms with Crippen LogP contribution in [0.2, 0.25) is 0 Å². The van der Waals surface area contributed by atoms with Crippen LogP contribution in [0, 0.1) is 13.8 Å². The van der Waals surface area contributed by atoms with Gasteiger partial charge in [0.25, 0.3) is 0 Å². The van der Waals surface area contributed by atoms with Gasteiger partial charge >= 0.3 is 6.18 Å². The molecule has 0 fully saturated rings. The monoisotopic (exact) mass is 289 g/mol. The summed E-state index contributed by atoms with van der Waals surface area (Å²) in [4.78, 5) is 5.99. The Morgan fingerprint density at radius 3 is 2.50 bits per heavy atom. The molecule has 0 bridgehead atoms. The summed E-state index contributed by atoms with van der Waals surface area (Å²) >= 11 is 0. The van der Waals surface area contributed by atoms with Crippen LogP contribution in [-0.4, -0.2) is 31.3 Å². The Morgan fingerprint density at radius 1 is 1.30 bits per heavy atom. The van der Waals surface area contributed by atoms with E-state index in [9.17, 15) is 13.2 Å². The molecule has 3 nitrogen and oxygen atoms in total. The maximum Gasteiger partial charge on any atom is 0.390 e. The molecular weight excluding hydrogens is 267 g/mol. The van der Waals surface area contributed by atoms with Crippen molar-refractivity contribution in [1.29, 1.82) is 0 Å². The standard InChI is InChI=1S/C14H22F3N3/c1-5-18-9-12-10(2)8-11(3)19-13(12)20(4)7-6-14(15,16)17/h8,18H,5-7,9H2,1-4H3. The number of alkyl halides is 3. The molecule has 0 aromatic carbocycles. The molecule has 1 aromatic heterocycles. The molecule has 114 valence electrons. The van der Waals surface area contributed by atoms with E-state index < -0.39 is 12.6 Å². The molecule has 1 N–H and O–H groups in total. The fourth-order valence-corrected chi connectivity index (χ4v) is 2.03. The van der Waals surface area contributed by atoms with Gasteiger partial charge in [0.1, 0.15) is 5.82 Å². The van der Waals surface area contributed by atoms with E-state index in [4.69, 9.17) is 0 Å². The van der Waals surface area contributed by atoms with Crippen LogP contribution in [-0.2, 0) is 6.54 Å². The van der Waals surface area contributed by atoms with Gasteiger partial charge in [-0.1, -0.05) is 6.92 Å². The van der Waals surface area contributed by atoms with Crippen LogP contribution in [0.3, 0.4) is 0 Å².